The Morgan fingerprint density at radius 2 is 1.92 bits per heavy atom. The van der Waals surface area contributed by atoms with Crippen LogP contribution in [0.4, 0.5) is 0 Å². The molecule has 0 rings (SSSR count). The molecule has 0 aliphatic heterocycles. The quantitative estimate of drug-likeness (QED) is 0.368. The van der Waals surface area contributed by atoms with Gasteiger partial charge in [-0.2, -0.15) is 11.8 Å². The summed E-state index contributed by atoms with van der Waals surface area (Å²) in [4.78, 5) is 0. The topological polar surface area (TPSA) is 0 Å². The molecule has 0 aliphatic carbocycles. The number of thioether (sulfide) groups is 1. The predicted molar refractivity (Wildman–Crippen MR) is 55.0 cm³/mol. The molecule has 0 spiro atoms. The Morgan fingerprint density at radius 3 is 2.42 bits per heavy atom. The standard InChI is InChI=1S/C10H19S.Cu/c1-4-6-7-10(3)8-9-11-5-2;/h3H,4-9H2,1-2H3;/q-1;+1. The third-order valence-electron chi connectivity index (χ3n) is 1.62. The first-order chi connectivity index (χ1) is 5.31. The van der Waals surface area contributed by atoms with Crippen LogP contribution in [0.2, 0.25) is 0 Å². The Kier molecular flexibility index (Phi) is 14.6. The maximum atomic E-state index is 5.80. The molecule has 0 radical (unpaired) electrons. The minimum absolute atomic E-state index is 0. The number of allylic oxidation sites excluding steroid dienone is 1. The first-order valence-corrected chi connectivity index (χ1v) is 5.64. The molecule has 0 atom stereocenters. The van der Waals surface area contributed by atoms with E-state index < -0.39 is 0 Å². The molecule has 0 aliphatic rings. The van der Waals surface area contributed by atoms with Crippen LogP contribution in [0.25, 0.3) is 0 Å². The molecule has 0 aromatic heterocycles. The van der Waals surface area contributed by atoms with Crippen molar-refractivity contribution in [3.63, 3.8) is 0 Å². The normalized spacial score (nSPS) is 9.17. The predicted octanol–water partition coefficient (Wildman–Crippen LogP) is 3.68. The molecule has 0 unspecified atom stereocenters. The second kappa shape index (κ2) is 11.6. The Morgan fingerprint density at radius 1 is 1.25 bits per heavy atom. The van der Waals surface area contributed by atoms with Crippen molar-refractivity contribution in [3.8, 4) is 0 Å². The van der Waals surface area contributed by atoms with Crippen LogP contribution in [0.1, 0.15) is 39.5 Å². The van der Waals surface area contributed by atoms with Crippen LogP contribution in [0, 0.1) is 6.58 Å². The average molecular weight is 235 g/mol. The van der Waals surface area contributed by atoms with Crippen molar-refractivity contribution in [2.45, 2.75) is 39.5 Å². The van der Waals surface area contributed by atoms with E-state index in [1.165, 1.54) is 29.9 Å². The van der Waals surface area contributed by atoms with Gasteiger partial charge < -0.3 is 6.58 Å². The van der Waals surface area contributed by atoms with Crippen LogP contribution in [-0.4, -0.2) is 11.5 Å². The van der Waals surface area contributed by atoms with Crippen molar-refractivity contribution in [2.24, 2.45) is 0 Å². The molecule has 0 bridgehead atoms. The summed E-state index contributed by atoms with van der Waals surface area (Å²) < 4.78 is 0. The third-order valence-corrected chi connectivity index (χ3v) is 2.52. The molecule has 12 heavy (non-hydrogen) atoms. The van der Waals surface area contributed by atoms with E-state index >= 15 is 0 Å². The van der Waals surface area contributed by atoms with E-state index in [0.717, 1.165) is 12.8 Å². The van der Waals surface area contributed by atoms with Crippen molar-refractivity contribution < 1.29 is 17.1 Å². The molecule has 0 saturated heterocycles. The molecular weight excluding hydrogens is 216 g/mol. The van der Waals surface area contributed by atoms with Crippen molar-refractivity contribution in [1.29, 1.82) is 0 Å². The van der Waals surface area contributed by atoms with Gasteiger partial charge in [-0.3, -0.25) is 5.57 Å². The number of hydrogen-bond donors (Lipinski definition) is 0. The summed E-state index contributed by atoms with van der Waals surface area (Å²) in [6.45, 7) is 10.2. The first-order valence-electron chi connectivity index (χ1n) is 4.49. The Labute approximate surface area is 92.1 Å². The van der Waals surface area contributed by atoms with Crippen molar-refractivity contribution in [3.05, 3.63) is 12.2 Å². The van der Waals surface area contributed by atoms with Gasteiger partial charge in [0.2, 0.25) is 0 Å². The van der Waals surface area contributed by atoms with E-state index in [4.69, 9.17) is 6.58 Å². The van der Waals surface area contributed by atoms with Gasteiger partial charge in [-0.25, -0.2) is 0 Å². The molecular formula is C10H19CuS. The third kappa shape index (κ3) is 10.6. The van der Waals surface area contributed by atoms with Crippen LogP contribution in [0.15, 0.2) is 5.57 Å². The van der Waals surface area contributed by atoms with Gasteiger partial charge in [0.15, 0.2) is 0 Å². The van der Waals surface area contributed by atoms with Crippen molar-refractivity contribution in [2.75, 3.05) is 11.5 Å². The fourth-order valence-corrected chi connectivity index (χ4v) is 1.57. The van der Waals surface area contributed by atoms with Gasteiger partial charge in [0, 0.05) is 0 Å². The molecule has 0 heterocycles. The summed E-state index contributed by atoms with van der Waals surface area (Å²) in [5, 5.41) is 0. The Balaban J connectivity index is 0. The Hall–Kier alpha value is 0.609. The number of unbranched alkanes of at least 4 members (excludes halogenated alkanes) is 1. The van der Waals surface area contributed by atoms with Crippen LogP contribution < -0.4 is 0 Å². The summed E-state index contributed by atoms with van der Waals surface area (Å²) in [6.07, 6.45) is 4.74. The minimum atomic E-state index is 0. The summed E-state index contributed by atoms with van der Waals surface area (Å²) in [6, 6.07) is 0. The van der Waals surface area contributed by atoms with E-state index in [0.29, 0.717) is 0 Å². The molecule has 2 heteroatoms. The van der Waals surface area contributed by atoms with Crippen LogP contribution >= 0.6 is 11.8 Å². The minimum Gasteiger partial charge on any atom is -0.514 e. The van der Waals surface area contributed by atoms with Crippen LogP contribution in [0.5, 0.6) is 0 Å². The van der Waals surface area contributed by atoms with Gasteiger partial charge in [0.1, 0.15) is 0 Å². The Bertz CT molecular complexity index is 102. The largest absolute Gasteiger partial charge is 1.00 e. The molecule has 0 nitrogen and oxygen atoms in total. The maximum absolute atomic E-state index is 5.80. The average Bonchev–Trinajstić information content (AvgIpc) is 2.01. The first kappa shape index (κ1) is 15.1. The molecule has 0 amide bonds. The second-order valence-electron chi connectivity index (χ2n) is 2.71. The molecule has 0 aromatic rings. The number of hydrogen-bond acceptors (Lipinski definition) is 1. The van der Waals surface area contributed by atoms with E-state index in [1.54, 1.807) is 0 Å². The zero-order valence-electron chi connectivity index (χ0n) is 8.03. The van der Waals surface area contributed by atoms with Gasteiger partial charge in [-0.1, -0.05) is 39.5 Å². The van der Waals surface area contributed by atoms with Gasteiger partial charge in [0.25, 0.3) is 0 Å². The zero-order valence-corrected chi connectivity index (χ0v) is 9.79. The SMILES string of the molecule is [CH-]=C(CCCC)CCSCC.[Cu+]. The van der Waals surface area contributed by atoms with E-state index in [1.807, 2.05) is 11.8 Å². The molecule has 0 N–H and O–H groups in total. The van der Waals surface area contributed by atoms with Crippen LogP contribution in [-0.2, 0) is 17.1 Å². The molecule has 76 valence electrons. The van der Waals surface area contributed by atoms with Gasteiger partial charge >= 0.3 is 17.1 Å². The van der Waals surface area contributed by atoms with E-state index in [2.05, 4.69) is 13.8 Å². The van der Waals surface area contributed by atoms with E-state index in [-0.39, 0.29) is 17.1 Å². The van der Waals surface area contributed by atoms with Gasteiger partial charge in [0.05, 0.1) is 0 Å². The fourth-order valence-electron chi connectivity index (χ4n) is 0.876. The zero-order chi connectivity index (χ0) is 8.53. The molecule has 0 aromatic carbocycles. The van der Waals surface area contributed by atoms with Gasteiger partial charge in [-0.05, 0) is 11.5 Å². The summed E-state index contributed by atoms with van der Waals surface area (Å²) in [5.74, 6) is 2.41. The van der Waals surface area contributed by atoms with Gasteiger partial charge in [-0.15, -0.1) is 0 Å². The molecule has 0 fully saturated rings. The number of rotatable bonds is 7. The monoisotopic (exact) mass is 234 g/mol. The summed E-state index contributed by atoms with van der Waals surface area (Å²) >= 11 is 1.97. The maximum Gasteiger partial charge on any atom is 1.00 e. The fraction of sp³-hybridized carbons (Fsp3) is 0.800. The summed E-state index contributed by atoms with van der Waals surface area (Å²) in [5.41, 5.74) is 1.19. The van der Waals surface area contributed by atoms with E-state index in [9.17, 15) is 0 Å². The van der Waals surface area contributed by atoms with Crippen molar-refractivity contribution in [1.82, 2.24) is 0 Å². The molecule has 0 saturated carbocycles. The smallest absolute Gasteiger partial charge is 0.514 e. The second-order valence-corrected chi connectivity index (χ2v) is 4.10. The van der Waals surface area contributed by atoms with Crippen LogP contribution in [0.3, 0.4) is 0 Å². The van der Waals surface area contributed by atoms with Crippen molar-refractivity contribution >= 4 is 11.8 Å². The summed E-state index contributed by atoms with van der Waals surface area (Å²) in [7, 11) is 0.